The lowest BCUT2D eigenvalue weighted by molar-refractivity contribution is 0.238. The van der Waals surface area contributed by atoms with Gasteiger partial charge in [-0.15, -0.1) is 0 Å². The van der Waals surface area contributed by atoms with Crippen molar-refractivity contribution >= 4 is 10.9 Å². The molecule has 1 aromatic carbocycles. The highest BCUT2D eigenvalue weighted by Crippen LogP contribution is 2.40. The third-order valence-corrected chi connectivity index (χ3v) is 4.41. The number of fused-ring (bicyclic) bond motifs is 3. The standard InChI is InChI=1S/C18H26N2/c1-6-11-20-14-10-8-7-9-13(14)16-15(20)12-17(2,3)19-18(16,4)5/h7-10,19H,6,11-12H2,1-5H3. The highest BCUT2D eigenvalue weighted by atomic mass is 15.1. The third kappa shape index (κ3) is 1.98. The van der Waals surface area contributed by atoms with Crippen LogP contribution in [-0.4, -0.2) is 10.1 Å². The predicted octanol–water partition coefficient (Wildman–Crippen LogP) is 4.21. The molecule has 0 atom stereocenters. The summed E-state index contributed by atoms with van der Waals surface area (Å²) in [6, 6.07) is 8.87. The van der Waals surface area contributed by atoms with Gasteiger partial charge >= 0.3 is 0 Å². The molecule has 0 saturated heterocycles. The van der Waals surface area contributed by atoms with Crippen molar-refractivity contribution in [2.24, 2.45) is 0 Å². The van der Waals surface area contributed by atoms with Gasteiger partial charge in [0.25, 0.3) is 0 Å². The van der Waals surface area contributed by atoms with Gasteiger partial charge in [-0.05, 0) is 40.2 Å². The summed E-state index contributed by atoms with van der Waals surface area (Å²) in [7, 11) is 0. The van der Waals surface area contributed by atoms with Crippen LogP contribution < -0.4 is 5.32 Å². The lowest BCUT2D eigenvalue weighted by Gasteiger charge is -2.43. The highest BCUT2D eigenvalue weighted by Gasteiger charge is 2.40. The number of hydrogen-bond donors (Lipinski definition) is 1. The fourth-order valence-corrected chi connectivity index (χ4v) is 4.09. The van der Waals surface area contributed by atoms with E-state index in [2.05, 4.69) is 68.8 Å². The average molecular weight is 270 g/mol. The monoisotopic (exact) mass is 270 g/mol. The number of para-hydroxylation sites is 1. The zero-order chi connectivity index (χ0) is 14.5. The Bertz CT molecular complexity index is 647. The minimum atomic E-state index is 0.0235. The van der Waals surface area contributed by atoms with Gasteiger partial charge in [-0.25, -0.2) is 0 Å². The van der Waals surface area contributed by atoms with Crippen LogP contribution in [0.3, 0.4) is 0 Å². The van der Waals surface area contributed by atoms with Gasteiger partial charge in [0.1, 0.15) is 0 Å². The Morgan fingerprint density at radius 1 is 1.15 bits per heavy atom. The molecule has 0 amide bonds. The SMILES string of the molecule is CCCn1c2c(c3ccccc31)C(C)(C)NC(C)(C)C2. The molecule has 0 saturated carbocycles. The summed E-state index contributed by atoms with van der Waals surface area (Å²) in [6.07, 6.45) is 2.28. The Morgan fingerprint density at radius 2 is 1.85 bits per heavy atom. The summed E-state index contributed by atoms with van der Waals surface area (Å²) in [5.41, 5.74) is 4.60. The molecule has 0 aliphatic carbocycles. The van der Waals surface area contributed by atoms with Crippen molar-refractivity contribution in [3.8, 4) is 0 Å². The smallest absolute Gasteiger partial charge is 0.0486 e. The fourth-order valence-electron chi connectivity index (χ4n) is 4.09. The van der Waals surface area contributed by atoms with E-state index >= 15 is 0 Å². The summed E-state index contributed by atoms with van der Waals surface area (Å²) in [5.74, 6) is 0. The first-order valence-corrected chi connectivity index (χ1v) is 7.76. The molecule has 0 bridgehead atoms. The Balaban J connectivity index is 2.35. The Hall–Kier alpha value is -1.28. The maximum absolute atomic E-state index is 3.82. The summed E-state index contributed by atoms with van der Waals surface area (Å²) < 4.78 is 2.55. The van der Waals surface area contributed by atoms with Crippen molar-refractivity contribution in [1.29, 1.82) is 0 Å². The zero-order valence-corrected chi connectivity index (χ0v) is 13.4. The maximum Gasteiger partial charge on any atom is 0.0486 e. The van der Waals surface area contributed by atoms with Crippen molar-refractivity contribution < 1.29 is 0 Å². The average Bonchev–Trinajstić information content (AvgIpc) is 2.62. The summed E-state index contributed by atoms with van der Waals surface area (Å²) in [6.45, 7) is 12.6. The molecule has 0 spiro atoms. The second-order valence-electron chi connectivity index (χ2n) is 7.30. The van der Waals surface area contributed by atoms with Crippen LogP contribution in [0.4, 0.5) is 0 Å². The van der Waals surface area contributed by atoms with Crippen LogP contribution in [0.25, 0.3) is 10.9 Å². The minimum Gasteiger partial charge on any atom is -0.344 e. The van der Waals surface area contributed by atoms with E-state index in [9.17, 15) is 0 Å². The fraction of sp³-hybridized carbons (Fsp3) is 0.556. The molecule has 2 aromatic rings. The van der Waals surface area contributed by atoms with E-state index in [-0.39, 0.29) is 11.1 Å². The largest absolute Gasteiger partial charge is 0.344 e. The van der Waals surface area contributed by atoms with Crippen LogP contribution in [0.15, 0.2) is 24.3 Å². The first kappa shape index (κ1) is 13.7. The molecule has 0 fully saturated rings. The van der Waals surface area contributed by atoms with Crippen molar-refractivity contribution in [2.75, 3.05) is 0 Å². The van der Waals surface area contributed by atoms with Crippen molar-refractivity contribution in [3.63, 3.8) is 0 Å². The number of nitrogens with zero attached hydrogens (tertiary/aromatic N) is 1. The first-order chi connectivity index (χ1) is 9.36. The van der Waals surface area contributed by atoms with Crippen LogP contribution in [0, 0.1) is 0 Å². The molecular weight excluding hydrogens is 244 g/mol. The molecular formula is C18H26N2. The van der Waals surface area contributed by atoms with Gasteiger partial charge in [0.15, 0.2) is 0 Å². The van der Waals surface area contributed by atoms with E-state index in [1.54, 1.807) is 0 Å². The lowest BCUT2D eigenvalue weighted by atomic mass is 9.80. The highest BCUT2D eigenvalue weighted by molar-refractivity contribution is 5.87. The van der Waals surface area contributed by atoms with Gasteiger partial charge in [0, 0.05) is 46.2 Å². The zero-order valence-electron chi connectivity index (χ0n) is 13.4. The molecule has 108 valence electrons. The van der Waals surface area contributed by atoms with Gasteiger partial charge < -0.3 is 9.88 Å². The number of benzene rings is 1. The number of hydrogen-bond acceptors (Lipinski definition) is 1. The van der Waals surface area contributed by atoms with Gasteiger partial charge in [0.05, 0.1) is 0 Å². The van der Waals surface area contributed by atoms with E-state index in [1.165, 1.54) is 28.6 Å². The van der Waals surface area contributed by atoms with E-state index in [0.717, 1.165) is 13.0 Å². The van der Waals surface area contributed by atoms with Gasteiger partial charge in [-0.2, -0.15) is 0 Å². The second kappa shape index (κ2) is 4.36. The van der Waals surface area contributed by atoms with Gasteiger partial charge in [-0.3, -0.25) is 0 Å². The molecule has 1 aliphatic rings. The number of nitrogens with one attached hydrogen (secondary N) is 1. The Labute approximate surface area is 122 Å². The molecule has 3 rings (SSSR count). The summed E-state index contributed by atoms with van der Waals surface area (Å²) in [4.78, 5) is 0. The van der Waals surface area contributed by atoms with E-state index in [4.69, 9.17) is 0 Å². The van der Waals surface area contributed by atoms with E-state index in [1.807, 2.05) is 0 Å². The number of aromatic nitrogens is 1. The molecule has 2 heteroatoms. The molecule has 2 nitrogen and oxygen atoms in total. The van der Waals surface area contributed by atoms with Crippen LogP contribution >= 0.6 is 0 Å². The molecule has 1 aliphatic heterocycles. The quantitative estimate of drug-likeness (QED) is 0.865. The molecule has 0 radical (unpaired) electrons. The first-order valence-electron chi connectivity index (χ1n) is 7.76. The number of rotatable bonds is 2. The van der Waals surface area contributed by atoms with Gasteiger partial charge in [-0.1, -0.05) is 25.1 Å². The van der Waals surface area contributed by atoms with Gasteiger partial charge in [0.2, 0.25) is 0 Å². The summed E-state index contributed by atoms with van der Waals surface area (Å²) >= 11 is 0. The van der Waals surface area contributed by atoms with Crippen molar-refractivity contribution in [3.05, 3.63) is 35.5 Å². The predicted molar refractivity (Wildman–Crippen MR) is 86.2 cm³/mol. The molecule has 1 N–H and O–H groups in total. The summed E-state index contributed by atoms with van der Waals surface area (Å²) in [5, 5.41) is 5.24. The molecule has 0 unspecified atom stereocenters. The van der Waals surface area contributed by atoms with Crippen LogP contribution in [-0.2, 0) is 18.5 Å². The third-order valence-electron chi connectivity index (χ3n) is 4.41. The second-order valence-corrected chi connectivity index (χ2v) is 7.30. The topological polar surface area (TPSA) is 17.0 Å². The number of aryl methyl sites for hydroxylation is 1. The van der Waals surface area contributed by atoms with E-state index < -0.39 is 0 Å². The Kier molecular flexibility index (Phi) is 2.98. The molecule has 2 heterocycles. The van der Waals surface area contributed by atoms with Crippen LogP contribution in [0.2, 0.25) is 0 Å². The lowest BCUT2D eigenvalue weighted by Crippen LogP contribution is -2.55. The van der Waals surface area contributed by atoms with Crippen LogP contribution in [0.5, 0.6) is 0 Å². The minimum absolute atomic E-state index is 0.0235. The van der Waals surface area contributed by atoms with Crippen molar-refractivity contribution in [2.45, 2.75) is 65.1 Å². The van der Waals surface area contributed by atoms with E-state index in [0.29, 0.717) is 0 Å². The van der Waals surface area contributed by atoms with Crippen LogP contribution in [0.1, 0.15) is 52.3 Å². The Morgan fingerprint density at radius 3 is 2.55 bits per heavy atom. The normalized spacial score (nSPS) is 20.1. The van der Waals surface area contributed by atoms with Crippen molar-refractivity contribution in [1.82, 2.24) is 9.88 Å². The maximum atomic E-state index is 3.82. The molecule has 20 heavy (non-hydrogen) atoms. The molecule has 1 aromatic heterocycles.